The van der Waals surface area contributed by atoms with Gasteiger partial charge in [0.15, 0.2) is 0 Å². The summed E-state index contributed by atoms with van der Waals surface area (Å²) in [6, 6.07) is 10.0. The van der Waals surface area contributed by atoms with Crippen molar-refractivity contribution in [2.75, 3.05) is 6.61 Å². The standard InChI is InChI=1S/C18H28O2/c1-4-5-9-14-20-18(19)17(13-12-15(2)3)16-10-7-6-8-11-16/h6-8,10-11,15,17H,4-5,9,12-14H2,1-3H3. The van der Waals surface area contributed by atoms with Crippen LogP contribution in [0.4, 0.5) is 0 Å². The zero-order valence-electron chi connectivity index (χ0n) is 13.1. The van der Waals surface area contributed by atoms with Crippen LogP contribution in [0.1, 0.15) is 64.4 Å². The lowest BCUT2D eigenvalue weighted by atomic mass is 9.91. The summed E-state index contributed by atoms with van der Waals surface area (Å²) in [6.07, 6.45) is 5.15. The average molecular weight is 276 g/mol. The van der Waals surface area contributed by atoms with Crippen LogP contribution in [0.25, 0.3) is 0 Å². The second kappa shape index (κ2) is 9.57. The minimum absolute atomic E-state index is 0.0621. The molecular weight excluding hydrogens is 248 g/mol. The third-order valence-electron chi connectivity index (χ3n) is 3.51. The number of carbonyl (C=O) groups excluding carboxylic acids is 1. The van der Waals surface area contributed by atoms with E-state index in [2.05, 4.69) is 20.8 Å². The fourth-order valence-electron chi connectivity index (χ4n) is 2.23. The van der Waals surface area contributed by atoms with Crippen LogP contribution < -0.4 is 0 Å². The van der Waals surface area contributed by atoms with Crippen molar-refractivity contribution in [3.05, 3.63) is 35.9 Å². The normalized spacial score (nSPS) is 12.4. The first-order valence-corrected chi connectivity index (χ1v) is 7.86. The molecule has 0 fully saturated rings. The second-order valence-electron chi connectivity index (χ2n) is 5.81. The molecule has 0 aliphatic heterocycles. The van der Waals surface area contributed by atoms with E-state index in [-0.39, 0.29) is 11.9 Å². The molecule has 0 aromatic heterocycles. The summed E-state index contributed by atoms with van der Waals surface area (Å²) in [7, 11) is 0. The Morgan fingerprint density at radius 3 is 2.40 bits per heavy atom. The molecule has 1 atom stereocenters. The summed E-state index contributed by atoms with van der Waals surface area (Å²) in [5.74, 6) is 0.433. The van der Waals surface area contributed by atoms with Gasteiger partial charge in [-0.1, -0.05) is 63.9 Å². The van der Waals surface area contributed by atoms with Crippen LogP contribution in [0.2, 0.25) is 0 Å². The van der Waals surface area contributed by atoms with E-state index in [1.165, 1.54) is 0 Å². The lowest BCUT2D eigenvalue weighted by molar-refractivity contribution is -0.145. The highest BCUT2D eigenvalue weighted by Crippen LogP contribution is 2.25. The molecule has 20 heavy (non-hydrogen) atoms. The van der Waals surface area contributed by atoms with Gasteiger partial charge in [-0.3, -0.25) is 4.79 Å². The highest BCUT2D eigenvalue weighted by Gasteiger charge is 2.22. The van der Waals surface area contributed by atoms with Crippen LogP contribution in [0.15, 0.2) is 30.3 Å². The van der Waals surface area contributed by atoms with Gasteiger partial charge in [-0.2, -0.15) is 0 Å². The van der Waals surface area contributed by atoms with Gasteiger partial charge in [0.2, 0.25) is 0 Å². The molecule has 0 saturated heterocycles. The summed E-state index contributed by atoms with van der Waals surface area (Å²) in [4.78, 5) is 12.3. The SMILES string of the molecule is CCCCCOC(=O)C(CCC(C)C)c1ccccc1. The highest BCUT2D eigenvalue weighted by atomic mass is 16.5. The van der Waals surface area contributed by atoms with Gasteiger partial charge in [-0.25, -0.2) is 0 Å². The first-order valence-electron chi connectivity index (χ1n) is 7.86. The molecule has 0 radical (unpaired) electrons. The van der Waals surface area contributed by atoms with Gasteiger partial charge in [-0.05, 0) is 30.7 Å². The number of esters is 1. The third kappa shape index (κ3) is 6.23. The molecule has 112 valence electrons. The minimum Gasteiger partial charge on any atom is -0.465 e. The fourth-order valence-corrected chi connectivity index (χ4v) is 2.23. The maximum absolute atomic E-state index is 12.3. The van der Waals surface area contributed by atoms with Gasteiger partial charge < -0.3 is 4.74 Å². The quantitative estimate of drug-likeness (QED) is 0.471. The predicted molar refractivity (Wildman–Crippen MR) is 83.7 cm³/mol. The fraction of sp³-hybridized carbons (Fsp3) is 0.611. The van der Waals surface area contributed by atoms with Gasteiger partial charge in [0, 0.05) is 0 Å². The Kier molecular flexibility index (Phi) is 8.01. The first kappa shape index (κ1) is 16.7. The highest BCUT2D eigenvalue weighted by molar-refractivity contribution is 5.78. The van der Waals surface area contributed by atoms with Crippen LogP contribution >= 0.6 is 0 Å². The maximum Gasteiger partial charge on any atom is 0.313 e. The van der Waals surface area contributed by atoms with Crippen molar-refractivity contribution in [1.29, 1.82) is 0 Å². The Morgan fingerprint density at radius 1 is 1.10 bits per heavy atom. The largest absolute Gasteiger partial charge is 0.465 e. The van der Waals surface area contributed by atoms with Crippen LogP contribution in [0.3, 0.4) is 0 Å². The molecule has 0 aliphatic carbocycles. The Hall–Kier alpha value is -1.31. The number of ether oxygens (including phenoxy) is 1. The minimum atomic E-state index is -0.111. The molecular formula is C18H28O2. The molecule has 0 bridgehead atoms. The molecule has 1 unspecified atom stereocenters. The van der Waals surface area contributed by atoms with Crippen LogP contribution in [0, 0.1) is 5.92 Å². The summed E-state index contributed by atoms with van der Waals surface area (Å²) < 4.78 is 5.45. The van der Waals surface area contributed by atoms with Crippen LogP contribution in [-0.4, -0.2) is 12.6 Å². The molecule has 2 heteroatoms. The van der Waals surface area contributed by atoms with Gasteiger partial charge in [0.1, 0.15) is 0 Å². The summed E-state index contributed by atoms with van der Waals surface area (Å²) in [6.45, 7) is 7.08. The lowest BCUT2D eigenvalue weighted by Gasteiger charge is -2.17. The third-order valence-corrected chi connectivity index (χ3v) is 3.51. The van der Waals surface area contributed by atoms with Gasteiger partial charge >= 0.3 is 5.97 Å². The van der Waals surface area contributed by atoms with Crippen molar-refractivity contribution in [1.82, 2.24) is 0 Å². The average Bonchev–Trinajstić information content (AvgIpc) is 2.44. The van der Waals surface area contributed by atoms with Crippen molar-refractivity contribution in [2.24, 2.45) is 5.92 Å². The first-order chi connectivity index (χ1) is 9.65. The Labute approximate surface area is 123 Å². The molecule has 0 saturated carbocycles. The number of benzene rings is 1. The van der Waals surface area contributed by atoms with Crippen molar-refractivity contribution in [3.63, 3.8) is 0 Å². The van der Waals surface area contributed by atoms with Crippen molar-refractivity contribution in [2.45, 2.75) is 58.8 Å². The number of carbonyl (C=O) groups is 1. The molecule has 0 aliphatic rings. The molecule has 0 N–H and O–H groups in total. The molecule has 1 rings (SSSR count). The van der Waals surface area contributed by atoms with Crippen LogP contribution in [0.5, 0.6) is 0 Å². The van der Waals surface area contributed by atoms with Gasteiger partial charge in [-0.15, -0.1) is 0 Å². The van der Waals surface area contributed by atoms with E-state index in [4.69, 9.17) is 4.74 Å². The topological polar surface area (TPSA) is 26.3 Å². The van der Waals surface area contributed by atoms with E-state index < -0.39 is 0 Å². The van der Waals surface area contributed by atoms with E-state index >= 15 is 0 Å². The Morgan fingerprint density at radius 2 is 1.80 bits per heavy atom. The predicted octanol–water partition coefficient (Wildman–Crippen LogP) is 4.94. The van der Waals surface area contributed by atoms with E-state index in [9.17, 15) is 4.79 Å². The van der Waals surface area contributed by atoms with Gasteiger partial charge in [0.05, 0.1) is 12.5 Å². The van der Waals surface area contributed by atoms with E-state index in [1.807, 2.05) is 30.3 Å². The maximum atomic E-state index is 12.3. The van der Waals surface area contributed by atoms with Crippen molar-refractivity contribution in [3.8, 4) is 0 Å². The van der Waals surface area contributed by atoms with Crippen molar-refractivity contribution < 1.29 is 9.53 Å². The zero-order chi connectivity index (χ0) is 14.8. The van der Waals surface area contributed by atoms with E-state index in [0.29, 0.717) is 12.5 Å². The molecule has 1 aromatic rings. The summed E-state index contributed by atoms with van der Waals surface area (Å²) in [5.41, 5.74) is 1.08. The Bertz CT molecular complexity index is 370. The zero-order valence-corrected chi connectivity index (χ0v) is 13.1. The number of unbranched alkanes of at least 4 members (excludes halogenated alkanes) is 2. The van der Waals surface area contributed by atoms with Crippen molar-refractivity contribution >= 4 is 5.97 Å². The second-order valence-corrected chi connectivity index (χ2v) is 5.81. The smallest absolute Gasteiger partial charge is 0.313 e. The van der Waals surface area contributed by atoms with Crippen LogP contribution in [-0.2, 0) is 9.53 Å². The molecule has 0 heterocycles. The van der Waals surface area contributed by atoms with E-state index in [0.717, 1.165) is 37.7 Å². The number of rotatable bonds is 9. The van der Waals surface area contributed by atoms with Gasteiger partial charge in [0.25, 0.3) is 0 Å². The molecule has 1 aromatic carbocycles. The molecule has 0 spiro atoms. The Balaban J connectivity index is 2.60. The number of hydrogen-bond acceptors (Lipinski definition) is 2. The monoisotopic (exact) mass is 276 g/mol. The van der Waals surface area contributed by atoms with E-state index in [1.54, 1.807) is 0 Å². The lowest BCUT2D eigenvalue weighted by Crippen LogP contribution is -2.17. The summed E-state index contributed by atoms with van der Waals surface area (Å²) in [5, 5.41) is 0. The molecule has 2 nitrogen and oxygen atoms in total. The number of hydrogen-bond donors (Lipinski definition) is 0. The summed E-state index contributed by atoms with van der Waals surface area (Å²) >= 11 is 0. The molecule has 0 amide bonds.